The molecule has 1 unspecified atom stereocenters. The van der Waals surface area contributed by atoms with Crippen LogP contribution in [0.15, 0.2) is 36.8 Å². The lowest BCUT2D eigenvalue weighted by molar-refractivity contribution is 0.265. The van der Waals surface area contributed by atoms with Gasteiger partial charge in [-0.2, -0.15) is 4.31 Å². The molecular weight excluding hydrogens is 364 g/mol. The summed E-state index contributed by atoms with van der Waals surface area (Å²) in [4.78, 5) is 16.6. The fraction of sp³-hybridized carbons (Fsp3) is 0.389. The third-order valence-electron chi connectivity index (χ3n) is 4.78. The maximum atomic E-state index is 12.0. The van der Waals surface area contributed by atoms with E-state index in [0.717, 1.165) is 28.8 Å². The van der Waals surface area contributed by atoms with E-state index in [9.17, 15) is 8.42 Å². The van der Waals surface area contributed by atoms with E-state index in [1.165, 1.54) is 10.6 Å². The number of nitrogens with zero attached hydrogens (tertiary/aromatic N) is 4. The van der Waals surface area contributed by atoms with Gasteiger partial charge in [0.25, 0.3) is 0 Å². The normalized spacial score (nSPS) is 21.4. The van der Waals surface area contributed by atoms with Crippen LogP contribution in [0.5, 0.6) is 0 Å². The highest BCUT2D eigenvalue weighted by Gasteiger charge is 2.30. The van der Waals surface area contributed by atoms with Gasteiger partial charge in [-0.25, -0.2) is 23.4 Å². The van der Waals surface area contributed by atoms with Gasteiger partial charge in [-0.3, -0.25) is 0 Å². The van der Waals surface area contributed by atoms with Crippen LogP contribution in [0, 0.1) is 5.92 Å². The molecule has 3 aromatic heterocycles. The average molecular weight is 386 g/mol. The number of pyridine rings is 1. The van der Waals surface area contributed by atoms with Crippen LogP contribution in [0.4, 0.5) is 5.82 Å². The molecule has 1 aliphatic rings. The fourth-order valence-electron chi connectivity index (χ4n) is 3.56. The Bertz CT molecular complexity index is 1060. The molecule has 1 saturated heterocycles. The molecule has 1 fully saturated rings. The minimum absolute atomic E-state index is 0.0129. The second-order valence-corrected chi connectivity index (χ2v) is 9.11. The molecule has 0 aliphatic carbocycles. The number of H-pyrrole nitrogens is 1. The van der Waals surface area contributed by atoms with Crippen LogP contribution in [-0.4, -0.2) is 58.0 Å². The predicted octanol–water partition coefficient (Wildman–Crippen LogP) is 2.10. The zero-order valence-electron chi connectivity index (χ0n) is 15.3. The van der Waals surface area contributed by atoms with Crippen LogP contribution in [0.3, 0.4) is 0 Å². The summed E-state index contributed by atoms with van der Waals surface area (Å²) in [6, 6.07) is 5.66. The van der Waals surface area contributed by atoms with E-state index in [-0.39, 0.29) is 12.0 Å². The van der Waals surface area contributed by atoms with Gasteiger partial charge in [-0.1, -0.05) is 6.92 Å². The molecule has 8 nitrogen and oxygen atoms in total. The zero-order valence-corrected chi connectivity index (χ0v) is 16.1. The Balaban J connectivity index is 1.63. The summed E-state index contributed by atoms with van der Waals surface area (Å²) in [5.74, 6) is 0.961. The zero-order chi connectivity index (χ0) is 19.0. The van der Waals surface area contributed by atoms with E-state index >= 15 is 0 Å². The number of hydrogen-bond acceptors (Lipinski definition) is 6. The number of anilines is 1. The van der Waals surface area contributed by atoms with Gasteiger partial charge in [0.15, 0.2) is 5.65 Å². The molecule has 4 heterocycles. The van der Waals surface area contributed by atoms with Crippen molar-refractivity contribution in [1.29, 1.82) is 0 Å². The van der Waals surface area contributed by atoms with Gasteiger partial charge >= 0.3 is 0 Å². The summed E-state index contributed by atoms with van der Waals surface area (Å²) < 4.78 is 25.5. The van der Waals surface area contributed by atoms with Crippen LogP contribution in [0.1, 0.15) is 13.3 Å². The number of hydrogen-bond donors (Lipinski definition) is 2. The van der Waals surface area contributed by atoms with Crippen LogP contribution in [0.25, 0.3) is 22.4 Å². The van der Waals surface area contributed by atoms with Crippen LogP contribution in [-0.2, 0) is 10.0 Å². The van der Waals surface area contributed by atoms with Gasteiger partial charge in [0.2, 0.25) is 10.0 Å². The summed E-state index contributed by atoms with van der Waals surface area (Å²) in [6.07, 6.45) is 7.38. The molecule has 142 valence electrons. The Labute approximate surface area is 158 Å². The summed E-state index contributed by atoms with van der Waals surface area (Å²) in [6.45, 7) is 3.06. The predicted molar refractivity (Wildman–Crippen MR) is 105 cm³/mol. The van der Waals surface area contributed by atoms with E-state index in [2.05, 4.69) is 32.2 Å². The van der Waals surface area contributed by atoms with Crippen molar-refractivity contribution < 1.29 is 8.42 Å². The van der Waals surface area contributed by atoms with E-state index in [4.69, 9.17) is 0 Å². The number of rotatable bonds is 4. The number of fused-ring (bicyclic) bond motifs is 1. The Morgan fingerprint density at radius 2 is 2.11 bits per heavy atom. The molecule has 0 spiro atoms. The molecule has 9 heteroatoms. The maximum absolute atomic E-state index is 12.0. The highest BCUT2D eigenvalue weighted by Crippen LogP contribution is 2.28. The van der Waals surface area contributed by atoms with E-state index in [1.807, 2.05) is 18.2 Å². The molecule has 0 aromatic carbocycles. The van der Waals surface area contributed by atoms with Crippen molar-refractivity contribution in [1.82, 2.24) is 24.2 Å². The topological polar surface area (TPSA) is 104 Å². The molecule has 27 heavy (non-hydrogen) atoms. The van der Waals surface area contributed by atoms with Crippen LogP contribution < -0.4 is 5.32 Å². The standard InChI is InChI=1S/C18H22N6O2S/c1-12-8-13(11-24(10-12)27(2,25)26)22-17-14(4-3-6-19-17)16-9-21-18-15(23-16)5-7-20-18/h3-7,9,12-13H,8,10-11H2,1-2H3,(H,19,22)(H,20,21)/t12-,13?/m0/s1. The molecule has 0 radical (unpaired) electrons. The third-order valence-corrected chi connectivity index (χ3v) is 6.02. The molecule has 0 saturated carbocycles. The number of aromatic amines is 1. The molecule has 2 atom stereocenters. The Morgan fingerprint density at radius 3 is 2.93 bits per heavy atom. The van der Waals surface area contributed by atoms with Crippen LogP contribution in [0.2, 0.25) is 0 Å². The van der Waals surface area contributed by atoms with Crippen molar-refractivity contribution in [3.05, 3.63) is 36.8 Å². The lowest BCUT2D eigenvalue weighted by atomic mass is 9.97. The van der Waals surface area contributed by atoms with Gasteiger partial charge in [0.05, 0.1) is 18.1 Å². The number of nitrogens with one attached hydrogen (secondary N) is 2. The Hall–Kier alpha value is -2.52. The molecule has 4 rings (SSSR count). The van der Waals surface area contributed by atoms with Gasteiger partial charge < -0.3 is 10.3 Å². The van der Waals surface area contributed by atoms with Gasteiger partial charge in [0, 0.05) is 37.1 Å². The largest absolute Gasteiger partial charge is 0.365 e. The molecular formula is C18H22N6O2S. The van der Waals surface area contributed by atoms with E-state index < -0.39 is 10.0 Å². The summed E-state index contributed by atoms with van der Waals surface area (Å²) in [5.41, 5.74) is 3.10. The Morgan fingerprint density at radius 1 is 1.26 bits per heavy atom. The fourth-order valence-corrected chi connectivity index (χ4v) is 4.53. The molecule has 0 bridgehead atoms. The van der Waals surface area contributed by atoms with Crippen molar-refractivity contribution in [3.8, 4) is 11.3 Å². The third kappa shape index (κ3) is 3.79. The second-order valence-electron chi connectivity index (χ2n) is 7.13. The first kappa shape index (κ1) is 17.9. The molecule has 1 aliphatic heterocycles. The van der Waals surface area contributed by atoms with Crippen molar-refractivity contribution in [2.75, 3.05) is 24.7 Å². The van der Waals surface area contributed by atoms with Gasteiger partial charge in [0.1, 0.15) is 11.3 Å². The Kier molecular flexibility index (Phi) is 4.56. The lowest BCUT2D eigenvalue weighted by Gasteiger charge is -2.35. The van der Waals surface area contributed by atoms with Crippen molar-refractivity contribution in [3.63, 3.8) is 0 Å². The smallest absolute Gasteiger partial charge is 0.211 e. The monoisotopic (exact) mass is 386 g/mol. The molecule has 0 amide bonds. The number of sulfonamides is 1. The van der Waals surface area contributed by atoms with Gasteiger partial charge in [-0.15, -0.1) is 0 Å². The number of piperidine rings is 1. The minimum atomic E-state index is -3.22. The first-order valence-electron chi connectivity index (χ1n) is 8.87. The highest BCUT2D eigenvalue weighted by atomic mass is 32.2. The first-order chi connectivity index (χ1) is 12.9. The van der Waals surface area contributed by atoms with E-state index in [1.54, 1.807) is 18.6 Å². The van der Waals surface area contributed by atoms with Crippen molar-refractivity contribution in [2.24, 2.45) is 5.92 Å². The quantitative estimate of drug-likeness (QED) is 0.712. The maximum Gasteiger partial charge on any atom is 0.211 e. The van der Waals surface area contributed by atoms with Gasteiger partial charge in [-0.05, 0) is 30.5 Å². The van der Waals surface area contributed by atoms with Crippen molar-refractivity contribution in [2.45, 2.75) is 19.4 Å². The number of aromatic nitrogens is 4. The van der Waals surface area contributed by atoms with Crippen LogP contribution >= 0.6 is 0 Å². The molecule has 3 aromatic rings. The van der Waals surface area contributed by atoms with E-state index in [0.29, 0.717) is 18.9 Å². The lowest BCUT2D eigenvalue weighted by Crippen LogP contribution is -2.47. The summed E-state index contributed by atoms with van der Waals surface area (Å²) in [5, 5.41) is 3.43. The summed E-state index contributed by atoms with van der Waals surface area (Å²) >= 11 is 0. The highest BCUT2D eigenvalue weighted by molar-refractivity contribution is 7.88. The first-order valence-corrected chi connectivity index (χ1v) is 10.7. The minimum Gasteiger partial charge on any atom is -0.365 e. The molecule has 2 N–H and O–H groups in total. The van der Waals surface area contributed by atoms with Crippen molar-refractivity contribution >= 4 is 27.0 Å². The summed E-state index contributed by atoms with van der Waals surface area (Å²) in [7, 11) is -3.22. The second kappa shape index (κ2) is 6.90. The average Bonchev–Trinajstić information content (AvgIpc) is 3.08. The SMILES string of the molecule is C[C@H]1CC(Nc2ncccc2-c2cnc3[nH]ccc3n2)CN(S(C)(=O)=O)C1.